The van der Waals surface area contributed by atoms with Crippen LogP contribution in [0.3, 0.4) is 0 Å². The van der Waals surface area contributed by atoms with E-state index in [2.05, 4.69) is 33.8 Å². The Hall–Kier alpha value is -2.60. The maximum absolute atomic E-state index is 11.5. The van der Waals surface area contributed by atoms with Gasteiger partial charge in [0.25, 0.3) is 0 Å². The number of benzene rings is 1. The quantitative estimate of drug-likeness (QED) is 0.824. The van der Waals surface area contributed by atoms with Gasteiger partial charge in [0.1, 0.15) is 17.1 Å². The predicted octanol–water partition coefficient (Wildman–Crippen LogP) is 2.89. The fourth-order valence-corrected chi connectivity index (χ4v) is 3.51. The summed E-state index contributed by atoms with van der Waals surface area (Å²) >= 11 is 0. The molecule has 6 heteroatoms. The first-order valence-electron chi connectivity index (χ1n) is 8.92. The van der Waals surface area contributed by atoms with Gasteiger partial charge in [-0.05, 0) is 42.8 Å². The second-order valence-electron chi connectivity index (χ2n) is 6.48. The minimum atomic E-state index is -0.929. The number of nitrogens with zero attached hydrogens (tertiary/aromatic N) is 3. The highest BCUT2D eigenvalue weighted by molar-refractivity contribution is 5.93. The number of ether oxygens (including phenoxy) is 1. The maximum Gasteiger partial charge on any atom is 0.339 e. The van der Waals surface area contributed by atoms with E-state index in [-0.39, 0.29) is 5.56 Å². The average molecular weight is 355 g/mol. The molecule has 6 nitrogen and oxygen atoms in total. The molecule has 2 heterocycles. The van der Waals surface area contributed by atoms with Gasteiger partial charge in [-0.15, -0.1) is 0 Å². The zero-order valence-corrected chi connectivity index (χ0v) is 15.3. The normalized spacial score (nSPS) is 16.9. The smallest absolute Gasteiger partial charge is 0.339 e. The minimum absolute atomic E-state index is 0.270. The number of anilines is 1. The molecule has 1 aliphatic heterocycles. The molecule has 26 heavy (non-hydrogen) atoms. The first-order chi connectivity index (χ1) is 12.6. The average Bonchev–Trinajstić information content (AvgIpc) is 3.16. The SMILES string of the molecule is CCN(Cc1ccc(OC)cc1)[C@@H]1CCN(c2ncccc2C(=O)O)C1. The highest BCUT2D eigenvalue weighted by Gasteiger charge is 2.29. The molecule has 0 bridgehead atoms. The van der Waals surface area contributed by atoms with Crippen molar-refractivity contribution in [2.24, 2.45) is 0 Å². The van der Waals surface area contributed by atoms with Gasteiger partial charge in [-0.1, -0.05) is 19.1 Å². The molecule has 0 unspecified atom stereocenters. The summed E-state index contributed by atoms with van der Waals surface area (Å²) in [5, 5.41) is 9.40. The van der Waals surface area contributed by atoms with E-state index in [4.69, 9.17) is 4.74 Å². The lowest BCUT2D eigenvalue weighted by Gasteiger charge is -2.28. The molecule has 3 rings (SSSR count). The number of carbonyl (C=O) groups is 1. The van der Waals surface area contributed by atoms with Crippen LogP contribution >= 0.6 is 0 Å². The van der Waals surface area contributed by atoms with E-state index in [0.717, 1.165) is 38.3 Å². The zero-order valence-electron chi connectivity index (χ0n) is 15.3. The van der Waals surface area contributed by atoms with Crippen molar-refractivity contribution in [2.45, 2.75) is 25.9 Å². The summed E-state index contributed by atoms with van der Waals surface area (Å²) in [6.07, 6.45) is 2.66. The first-order valence-corrected chi connectivity index (χ1v) is 8.92. The number of carboxylic acids is 1. The lowest BCUT2D eigenvalue weighted by Crippen LogP contribution is -2.37. The molecule has 1 atom stereocenters. The molecular weight excluding hydrogens is 330 g/mol. The van der Waals surface area contributed by atoms with Gasteiger partial charge in [0.05, 0.1) is 7.11 Å². The molecule has 1 aliphatic rings. The number of likely N-dealkylation sites (N-methyl/N-ethyl adjacent to an activating group) is 1. The van der Waals surface area contributed by atoms with E-state index in [1.54, 1.807) is 25.4 Å². The van der Waals surface area contributed by atoms with E-state index >= 15 is 0 Å². The molecule has 1 saturated heterocycles. The number of pyridine rings is 1. The summed E-state index contributed by atoms with van der Waals surface area (Å²) < 4.78 is 5.22. The van der Waals surface area contributed by atoms with Gasteiger partial charge >= 0.3 is 5.97 Å². The van der Waals surface area contributed by atoms with Crippen LogP contribution in [0.2, 0.25) is 0 Å². The van der Waals surface area contributed by atoms with Gasteiger partial charge in [-0.25, -0.2) is 9.78 Å². The Bertz CT molecular complexity index is 748. The minimum Gasteiger partial charge on any atom is -0.497 e. The monoisotopic (exact) mass is 355 g/mol. The van der Waals surface area contributed by atoms with Gasteiger partial charge in [0.2, 0.25) is 0 Å². The Balaban J connectivity index is 1.69. The molecule has 1 aromatic heterocycles. The Morgan fingerprint density at radius 3 is 2.77 bits per heavy atom. The molecule has 1 aromatic carbocycles. The Morgan fingerprint density at radius 1 is 1.35 bits per heavy atom. The van der Waals surface area contributed by atoms with Gasteiger partial charge in [0, 0.05) is 31.9 Å². The van der Waals surface area contributed by atoms with Crippen LogP contribution < -0.4 is 9.64 Å². The van der Waals surface area contributed by atoms with Crippen molar-refractivity contribution in [1.82, 2.24) is 9.88 Å². The second kappa shape index (κ2) is 8.19. The Morgan fingerprint density at radius 2 is 2.12 bits per heavy atom. The summed E-state index contributed by atoms with van der Waals surface area (Å²) in [4.78, 5) is 20.3. The van der Waals surface area contributed by atoms with Crippen molar-refractivity contribution < 1.29 is 14.6 Å². The van der Waals surface area contributed by atoms with Gasteiger partial charge in [-0.3, -0.25) is 4.90 Å². The van der Waals surface area contributed by atoms with E-state index in [1.807, 2.05) is 12.1 Å². The molecule has 2 aromatic rings. The first kappa shape index (κ1) is 18.2. The molecule has 0 aliphatic carbocycles. The topological polar surface area (TPSA) is 65.9 Å². The van der Waals surface area contributed by atoms with Crippen molar-refractivity contribution >= 4 is 11.8 Å². The molecule has 1 fully saturated rings. The van der Waals surface area contributed by atoms with Crippen LogP contribution in [0.25, 0.3) is 0 Å². The molecule has 0 saturated carbocycles. The van der Waals surface area contributed by atoms with Crippen LogP contribution in [0.1, 0.15) is 29.3 Å². The Labute approximate surface area is 154 Å². The molecule has 0 radical (unpaired) electrons. The van der Waals surface area contributed by atoms with Crippen molar-refractivity contribution in [3.05, 3.63) is 53.7 Å². The number of carboxylic acid groups (broad SMARTS) is 1. The van der Waals surface area contributed by atoms with Gasteiger partial charge < -0.3 is 14.7 Å². The zero-order chi connectivity index (χ0) is 18.5. The van der Waals surface area contributed by atoms with E-state index < -0.39 is 5.97 Å². The number of methoxy groups -OCH3 is 1. The molecule has 0 amide bonds. The lowest BCUT2D eigenvalue weighted by molar-refractivity contribution is 0.0697. The van der Waals surface area contributed by atoms with Crippen molar-refractivity contribution in [3.63, 3.8) is 0 Å². The largest absolute Gasteiger partial charge is 0.497 e. The maximum atomic E-state index is 11.5. The third kappa shape index (κ3) is 3.96. The number of aromatic nitrogens is 1. The van der Waals surface area contributed by atoms with Gasteiger partial charge in [-0.2, -0.15) is 0 Å². The molecular formula is C20H25N3O3. The van der Waals surface area contributed by atoms with Crippen LogP contribution in [0.4, 0.5) is 5.82 Å². The van der Waals surface area contributed by atoms with Gasteiger partial charge in [0.15, 0.2) is 0 Å². The number of hydrogen-bond acceptors (Lipinski definition) is 5. The molecule has 138 valence electrons. The number of hydrogen-bond donors (Lipinski definition) is 1. The van der Waals surface area contributed by atoms with Crippen LogP contribution in [0.15, 0.2) is 42.6 Å². The summed E-state index contributed by atoms with van der Waals surface area (Å²) in [5.74, 6) is 0.505. The highest BCUT2D eigenvalue weighted by Crippen LogP contribution is 2.25. The predicted molar refractivity (Wildman–Crippen MR) is 101 cm³/mol. The number of rotatable bonds is 7. The van der Waals surface area contributed by atoms with Crippen LogP contribution in [-0.4, -0.2) is 53.7 Å². The highest BCUT2D eigenvalue weighted by atomic mass is 16.5. The fraction of sp³-hybridized carbons (Fsp3) is 0.400. The second-order valence-corrected chi connectivity index (χ2v) is 6.48. The summed E-state index contributed by atoms with van der Waals surface area (Å²) in [5.41, 5.74) is 1.52. The summed E-state index contributed by atoms with van der Waals surface area (Å²) in [6.45, 7) is 5.59. The summed E-state index contributed by atoms with van der Waals surface area (Å²) in [6, 6.07) is 11.8. The van der Waals surface area contributed by atoms with Crippen LogP contribution in [0, 0.1) is 0 Å². The fourth-order valence-electron chi connectivity index (χ4n) is 3.51. The van der Waals surface area contributed by atoms with E-state index in [1.165, 1.54) is 5.56 Å². The standard InChI is InChI=1S/C20H25N3O3/c1-3-22(13-15-6-8-17(26-2)9-7-15)16-10-12-23(14-16)19-18(20(24)25)5-4-11-21-19/h4-9,11,16H,3,10,12-14H2,1-2H3,(H,24,25)/t16-/m1/s1. The number of aromatic carboxylic acids is 1. The van der Waals surface area contributed by atoms with Crippen LogP contribution in [-0.2, 0) is 6.54 Å². The molecule has 0 spiro atoms. The lowest BCUT2D eigenvalue weighted by atomic mass is 10.1. The van der Waals surface area contributed by atoms with Crippen molar-refractivity contribution in [1.29, 1.82) is 0 Å². The van der Waals surface area contributed by atoms with Crippen molar-refractivity contribution in [2.75, 3.05) is 31.6 Å². The third-order valence-corrected chi connectivity index (χ3v) is 4.95. The molecule has 1 N–H and O–H groups in total. The Kier molecular flexibility index (Phi) is 5.73. The summed E-state index contributed by atoms with van der Waals surface area (Å²) in [7, 11) is 1.67. The van der Waals surface area contributed by atoms with E-state index in [9.17, 15) is 9.90 Å². The van der Waals surface area contributed by atoms with Crippen molar-refractivity contribution in [3.8, 4) is 5.75 Å². The van der Waals surface area contributed by atoms with Crippen LogP contribution in [0.5, 0.6) is 5.75 Å². The van der Waals surface area contributed by atoms with E-state index in [0.29, 0.717) is 11.9 Å². The third-order valence-electron chi connectivity index (χ3n) is 4.95.